The first-order valence-electron chi connectivity index (χ1n) is 18.4. The van der Waals surface area contributed by atoms with Gasteiger partial charge in [0.15, 0.2) is 0 Å². The number of nitrogens with one attached hydrogen (secondary N) is 1. The van der Waals surface area contributed by atoms with Crippen LogP contribution in [-0.2, 0) is 9.59 Å². The van der Waals surface area contributed by atoms with Crippen molar-refractivity contribution >= 4 is 11.8 Å². The smallest absolute Gasteiger partial charge is 0.222 e. The summed E-state index contributed by atoms with van der Waals surface area (Å²) in [4.78, 5) is 25.3. The number of hydrogen-bond acceptors (Lipinski definition) is 2. The van der Waals surface area contributed by atoms with Crippen molar-refractivity contribution in [1.82, 2.24) is 10.2 Å². The minimum absolute atomic E-state index is 0.261. The highest BCUT2D eigenvalue weighted by Crippen LogP contribution is 2.15. The normalized spacial score (nSPS) is 11.3. The third-order valence-corrected chi connectivity index (χ3v) is 8.57. The second kappa shape index (κ2) is 31.9. The van der Waals surface area contributed by atoms with E-state index in [4.69, 9.17) is 0 Å². The van der Waals surface area contributed by atoms with Gasteiger partial charge in [0.2, 0.25) is 11.8 Å². The fourth-order valence-corrected chi connectivity index (χ4v) is 5.67. The molecule has 0 aromatic rings. The molecule has 0 radical (unpaired) electrons. The summed E-state index contributed by atoms with van der Waals surface area (Å²) in [6.07, 6.45) is 37.2. The molecule has 0 bridgehead atoms. The molecule has 244 valence electrons. The van der Waals surface area contributed by atoms with Crippen molar-refractivity contribution in [2.45, 2.75) is 200 Å². The molecule has 4 nitrogen and oxygen atoms in total. The lowest BCUT2D eigenvalue weighted by Gasteiger charge is -2.09. The average molecular weight is 579 g/mol. The SMILES string of the molecule is CC(C)CCCCCCCCCCCCCCC(=O)NCCCCCCCCCCCCCCCCC(=O)N(C)C. The van der Waals surface area contributed by atoms with Crippen LogP contribution in [0.4, 0.5) is 0 Å². The van der Waals surface area contributed by atoms with Crippen LogP contribution in [0.3, 0.4) is 0 Å². The molecule has 0 saturated heterocycles. The summed E-state index contributed by atoms with van der Waals surface area (Å²) in [5.41, 5.74) is 0. The van der Waals surface area contributed by atoms with Crippen molar-refractivity contribution in [3.63, 3.8) is 0 Å². The van der Waals surface area contributed by atoms with Gasteiger partial charge in [-0.1, -0.05) is 168 Å². The van der Waals surface area contributed by atoms with E-state index in [9.17, 15) is 9.59 Å². The largest absolute Gasteiger partial charge is 0.356 e. The monoisotopic (exact) mass is 579 g/mol. The number of nitrogens with zero attached hydrogens (tertiary/aromatic N) is 1. The van der Waals surface area contributed by atoms with Gasteiger partial charge in [-0.15, -0.1) is 0 Å². The first-order chi connectivity index (χ1) is 19.9. The molecular formula is C37H74N2O2. The van der Waals surface area contributed by atoms with E-state index in [1.54, 1.807) is 4.90 Å². The molecule has 1 N–H and O–H groups in total. The Morgan fingerprint density at radius 1 is 0.463 bits per heavy atom. The maximum Gasteiger partial charge on any atom is 0.222 e. The highest BCUT2D eigenvalue weighted by atomic mass is 16.2. The molecule has 0 saturated carbocycles. The van der Waals surface area contributed by atoms with Crippen LogP contribution in [0.15, 0.2) is 0 Å². The quantitative estimate of drug-likeness (QED) is 0.0807. The van der Waals surface area contributed by atoms with Crippen LogP contribution in [0.5, 0.6) is 0 Å². The molecule has 0 aliphatic heterocycles. The summed E-state index contributed by atoms with van der Waals surface area (Å²) >= 11 is 0. The predicted octanol–water partition coefficient (Wildman–Crippen LogP) is 11.2. The fraction of sp³-hybridized carbons (Fsp3) is 0.946. The van der Waals surface area contributed by atoms with E-state index in [-0.39, 0.29) is 11.8 Å². The van der Waals surface area contributed by atoms with Crippen molar-refractivity contribution < 1.29 is 9.59 Å². The molecule has 0 heterocycles. The van der Waals surface area contributed by atoms with Gasteiger partial charge >= 0.3 is 0 Å². The van der Waals surface area contributed by atoms with Crippen molar-refractivity contribution in [2.75, 3.05) is 20.6 Å². The summed E-state index contributed by atoms with van der Waals surface area (Å²) < 4.78 is 0. The Morgan fingerprint density at radius 3 is 1.15 bits per heavy atom. The molecule has 2 amide bonds. The number of hydrogen-bond donors (Lipinski definition) is 1. The van der Waals surface area contributed by atoms with E-state index in [0.717, 1.165) is 31.7 Å². The molecule has 4 heteroatoms. The highest BCUT2D eigenvalue weighted by molar-refractivity contribution is 5.75. The minimum Gasteiger partial charge on any atom is -0.356 e. The van der Waals surface area contributed by atoms with Gasteiger partial charge in [-0.3, -0.25) is 9.59 Å². The average Bonchev–Trinajstić information content (AvgIpc) is 2.94. The van der Waals surface area contributed by atoms with Gasteiger partial charge in [0, 0.05) is 33.5 Å². The second-order valence-electron chi connectivity index (χ2n) is 13.5. The third-order valence-electron chi connectivity index (χ3n) is 8.57. The van der Waals surface area contributed by atoms with E-state index < -0.39 is 0 Å². The number of carbonyl (C=O) groups excluding carboxylic acids is 2. The van der Waals surface area contributed by atoms with Gasteiger partial charge in [0.1, 0.15) is 0 Å². The zero-order valence-corrected chi connectivity index (χ0v) is 28.6. The van der Waals surface area contributed by atoms with Gasteiger partial charge in [0.25, 0.3) is 0 Å². The maximum atomic E-state index is 12.0. The number of carbonyl (C=O) groups is 2. The van der Waals surface area contributed by atoms with Crippen LogP contribution < -0.4 is 5.32 Å². The van der Waals surface area contributed by atoms with E-state index >= 15 is 0 Å². The van der Waals surface area contributed by atoms with Gasteiger partial charge in [-0.05, 0) is 25.2 Å². The molecule has 0 atom stereocenters. The Morgan fingerprint density at radius 2 is 0.780 bits per heavy atom. The van der Waals surface area contributed by atoms with Gasteiger partial charge < -0.3 is 10.2 Å². The van der Waals surface area contributed by atoms with E-state index in [0.29, 0.717) is 12.8 Å². The summed E-state index contributed by atoms with van der Waals surface area (Å²) in [6.45, 7) is 5.52. The fourth-order valence-electron chi connectivity index (χ4n) is 5.67. The predicted molar refractivity (Wildman–Crippen MR) is 180 cm³/mol. The first-order valence-corrected chi connectivity index (χ1v) is 18.4. The molecule has 0 rings (SSSR count). The van der Waals surface area contributed by atoms with E-state index in [1.165, 1.54) is 154 Å². The van der Waals surface area contributed by atoms with Crippen LogP contribution in [0, 0.1) is 5.92 Å². The van der Waals surface area contributed by atoms with E-state index in [2.05, 4.69) is 19.2 Å². The molecule has 0 aliphatic rings. The lowest BCUT2D eigenvalue weighted by molar-refractivity contribution is -0.128. The Hall–Kier alpha value is -1.06. The Kier molecular flexibility index (Phi) is 31.0. The van der Waals surface area contributed by atoms with Crippen LogP contribution in [0.2, 0.25) is 0 Å². The molecule has 41 heavy (non-hydrogen) atoms. The van der Waals surface area contributed by atoms with Crippen LogP contribution >= 0.6 is 0 Å². The van der Waals surface area contributed by atoms with Crippen molar-refractivity contribution in [1.29, 1.82) is 0 Å². The maximum absolute atomic E-state index is 12.0. The number of rotatable bonds is 32. The lowest BCUT2D eigenvalue weighted by Crippen LogP contribution is -2.23. The Bertz CT molecular complexity index is 561. The van der Waals surface area contributed by atoms with Crippen LogP contribution in [0.1, 0.15) is 200 Å². The Balaban J connectivity index is 3.18. The van der Waals surface area contributed by atoms with Gasteiger partial charge in [0.05, 0.1) is 0 Å². The van der Waals surface area contributed by atoms with Crippen LogP contribution in [0.25, 0.3) is 0 Å². The summed E-state index contributed by atoms with van der Waals surface area (Å²) in [5.74, 6) is 1.39. The van der Waals surface area contributed by atoms with Gasteiger partial charge in [-0.2, -0.15) is 0 Å². The standard InChI is InChI=1S/C37H74N2O2/c1-35(2)31-27-23-19-15-11-8-9-12-16-20-24-28-32-36(40)38-34-30-26-22-18-14-10-6-5-7-13-17-21-25-29-33-37(41)39(3)4/h35H,5-34H2,1-4H3,(H,38,40). The topological polar surface area (TPSA) is 49.4 Å². The molecule has 0 aliphatic carbocycles. The third kappa shape index (κ3) is 33.3. The molecular weight excluding hydrogens is 504 g/mol. The molecule has 0 fully saturated rings. The summed E-state index contributed by atoms with van der Waals surface area (Å²) in [5, 5.41) is 3.13. The van der Waals surface area contributed by atoms with E-state index in [1.807, 2.05) is 14.1 Å². The number of amides is 2. The van der Waals surface area contributed by atoms with Gasteiger partial charge in [-0.25, -0.2) is 0 Å². The molecule has 0 spiro atoms. The zero-order chi connectivity index (χ0) is 30.2. The van der Waals surface area contributed by atoms with Crippen LogP contribution in [-0.4, -0.2) is 37.4 Å². The molecule has 0 unspecified atom stereocenters. The number of unbranched alkanes of at least 4 members (excludes halogenated alkanes) is 24. The Labute approximate surface area is 258 Å². The first kappa shape index (κ1) is 39.9. The second-order valence-corrected chi connectivity index (χ2v) is 13.5. The van der Waals surface area contributed by atoms with Crippen molar-refractivity contribution in [3.05, 3.63) is 0 Å². The minimum atomic E-state index is 0.261. The zero-order valence-electron chi connectivity index (χ0n) is 28.6. The summed E-state index contributed by atoms with van der Waals surface area (Å²) in [7, 11) is 3.68. The van der Waals surface area contributed by atoms with Crippen molar-refractivity contribution in [2.24, 2.45) is 5.92 Å². The lowest BCUT2D eigenvalue weighted by atomic mass is 10.0. The van der Waals surface area contributed by atoms with Crippen molar-refractivity contribution in [3.8, 4) is 0 Å². The summed E-state index contributed by atoms with van der Waals surface area (Å²) in [6, 6.07) is 0. The molecule has 0 aromatic carbocycles. The highest BCUT2D eigenvalue weighted by Gasteiger charge is 2.03. The molecule has 0 aromatic heterocycles.